The molecule has 0 spiro atoms. The van der Waals surface area contributed by atoms with Gasteiger partial charge in [0.1, 0.15) is 29.1 Å². The maximum atomic E-state index is 12.0. The smallest absolute Gasteiger partial charge is 0.289 e. The van der Waals surface area contributed by atoms with Gasteiger partial charge in [-0.3, -0.25) is 4.79 Å². The Hall–Kier alpha value is -2.96. The standard InChI is InChI=1S/C13H8ClN5O/c14-8-3-1-2-7(4-8)11-9(5-15)12(17)19(18)13(20)10(11)6-16/h1-4H,17-18H2. The minimum absolute atomic E-state index is 0.0362. The zero-order chi connectivity index (χ0) is 14.9. The van der Waals surface area contributed by atoms with E-state index in [2.05, 4.69) is 0 Å². The summed E-state index contributed by atoms with van der Waals surface area (Å²) in [6.07, 6.45) is 0. The van der Waals surface area contributed by atoms with Crippen LogP contribution >= 0.6 is 11.6 Å². The molecule has 0 unspecified atom stereocenters. The summed E-state index contributed by atoms with van der Waals surface area (Å²) in [6, 6.07) is 10.1. The van der Waals surface area contributed by atoms with Crippen LogP contribution in [0, 0.1) is 22.7 Å². The van der Waals surface area contributed by atoms with Gasteiger partial charge in [0.25, 0.3) is 5.56 Å². The Morgan fingerprint density at radius 3 is 2.40 bits per heavy atom. The number of nitriles is 2. The molecule has 0 radical (unpaired) electrons. The van der Waals surface area contributed by atoms with Crippen LogP contribution in [0.2, 0.25) is 5.02 Å². The van der Waals surface area contributed by atoms with Gasteiger partial charge in [0.05, 0.1) is 0 Å². The molecule has 1 aromatic carbocycles. The maximum absolute atomic E-state index is 12.0. The fraction of sp³-hybridized carbons (Fsp3) is 0. The normalized spacial score (nSPS) is 9.75. The minimum Gasteiger partial charge on any atom is -0.382 e. The third-order valence-corrected chi connectivity index (χ3v) is 3.02. The average Bonchev–Trinajstić information content (AvgIpc) is 2.44. The second-order valence-corrected chi connectivity index (χ2v) is 4.36. The third kappa shape index (κ3) is 1.95. The molecule has 20 heavy (non-hydrogen) atoms. The molecule has 0 saturated carbocycles. The summed E-state index contributed by atoms with van der Waals surface area (Å²) in [4.78, 5) is 12.0. The first-order chi connectivity index (χ1) is 9.51. The Balaban J connectivity index is 3.00. The molecule has 98 valence electrons. The molecule has 7 heteroatoms. The topological polar surface area (TPSA) is 122 Å². The van der Waals surface area contributed by atoms with Gasteiger partial charge >= 0.3 is 0 Å². The van der Waals surface area contributed by atoms with Gasteiger partial charge in [0, 0.05) is 10.6 Å². The molecule has 1 heterocycles. The quantitative estimate of drug-likeness (QED) is 0.763. The van der Waals surface area contributed by atoms with Crippen LogP contribution in [0.25, 0.3) is 11.1 Å². The lowest BCUT2D eigenvalue weighted by atomic mass is 9.97. The van der Waals surface area contributed by atoms with E-state index in [1.807, 2.05) is 6.07 Å². The Bertz CT molecular complexity index is 842. The average molecular weight is 286 g/mol. The number of nitrogens with two attached hydrogens (primary N) is 2. The van der Waals surface area contributed by atoms with Crippen molar-refractivity contribution in [2.75, 3.05) is 11.6 Å². The number of rotatable bonds is 1. The summed E-state index contributed by atoms with van der Waals surface area (Å²) in [6.45, 7) is 0. The van der Waals surface area contributed by atoms with Crippen molar-refractivity contribution < 1.29 is 0 Å². The second kappa shape index (κ2) is 4.96. The van der Waals surface area contributed by atoms with Crippen LogP contribution in [-0.2, 0) is 0 Å². The van der Waals surface area contributed by atoms with Gasteiger partial charge in [-0.2, -0.15) is 10.5 Å². The van der Waals surface area contributed by atoms with Crippen molar-refractivity contribution in [2.45, 2.75) is 0 Å². The number of benzene rings is 1. The van der Waals surface area contributed by atoms with Gasteiger partial charge in [-0.1, -0.05) is 23.7 Å². The highest BCUT2D eigenvalue weighted by Gasteiger charge is 2.20. The number of pyridine rings is 1. The van der Waals surface area contributed by atoms with Crippen molar-refractivity contribution >= 4 is 17.4 Å². The molecule has 0 aliphatic rings. The highest BCUT2D eigenvalue weighted by atomic mass is 35.5. The number of hydrogen-bond acceptors (Lipinski definition) is 5. The van der Waals surface area contributed by atoms with Gasteiger partial charge in [0.15, 0.2) is 0 Å². The van der Waals surface area contributed by atoms with Crippen LogP contribution in [0.15, 0.2) is 29.1 Å². The SMILES string of the molecule is N#Cc1c(-c2cccc(Cl)c2)c(C#N)c(=O)n(N)c1N. The largest absolute Gasteiger partial charge is 0.382 e. The van der Waals surface area contributed by atoms with Crippen LogP contribution in [0.5, 0.6) is 0 Å². The number of nitrogens with zero attached hydrogens (tertiary/aromatic N) is 3. The minimum atomic E-state index is -0.765. The van der Waals surface area contributed by atoms with Gasteiger partial charge in [-0.15, -0.1) is 0 Å². The predicted octanol–water partition coefficient (Wildman–Crippen LogP) is 1.21. The maximum Gasteiger partial charge on any atom is 0.289 e. The fourth-order valence-corrected chi connectivity index (χ4v) is 2.05. The molecule has 0 aliphatic heterocycles. The monoisotopic (exact) mass is 285 g/mol. The molecule has 2 rings (SSSR count). The van der Waals surface area contributed by atoms with E-state index in [4.69, 9.17) is 28.4 Å². The summed E-state index contributed by atoms with van der Waals surface area (Å²) in [7, 11) is 0. The van der Waals surface area contributed by atoms with E-state index in [0.29, 0.717) is 15.3 Å². The third-order valence-electron chi connectivity index (χ3n) is 2.79. The van der Waals surface area contributed by atoms with E-state index in [0.717, 1.165) is 0 Å². The van der Waals surface area contributed by atoms with E-state index in [9.17, 15) is 10.1 Å². The number of nitrogen functional groups attached to an aromatic ring is 2. The molecule has 0 atom stereocenters. The van der Waals surface area contributed by atoms with E-state index < -0.39 is 5.56 Å². The van der Waals surface area contributed by atoms with E-state index in [1.54, 1.807) is 24.3 Å². The van der Waals surface area contributed by atoms with Crippen LogP contribution < -0.4 is 17.1 Å². The molecule has 0 amide bonds. The van der Waals surface area contributed by atoms with Crippen molar-refractivity contribution in [3.05, 3.63) is 50.8 Å². The lowest BCUT2D eigenvalue weighted by molar-refractivity contribution is 0.942. The Morgan fingerprint density at radius 2 is 1.85 bits per heavy atom. The number of aromatic nitrogens is 1. The second-order valence-electron chi connectivity index (χ2n) is 3.92. The molecule has 2 aromatic rings. The zero-order valence-corrected chi connectivity index (χ0v) is 10.8. The van der Waals surface area contributed by atoms with Crippen molar-refractivity contribution in [3.8, 4) is 23.3 Å². The van der Waals surface area contributed by atoms with Crippen LogP contribution in [-0.4, -0.2) is 4.68 Å². The van der Waals surface area contributed by atoms with Gasteiger partial charge < -0.3 is 11.6 Å². The van der Waals surface area contributed by atoms with Gasteiger partial charge in [0.2, 0.25) is 0 Å². The van der Waals surface area contributed by atoms with Crippen molar-refractivity contribution in [1.82, 2.24) is 4.68 Å². The van der Waals surface area contributed by atoms with Gasteiger partial charge in [-0.25, -0.2) is 4.68 Å². The first-order valence-electron chi connectivity index (χ1n) is 5.41. The summed E-state index contributed by atoms with van der Waals surface area (Å²) < 4.78 is 0.588. The summed E-state index contributed by atoms with van der Waals surface area (Å²) in [5.74, 6) is 5.26. The highest BCUT2D eigenvalue weighted by Crippen LogP contribution is 2.29. The number of hydrogen-bond donors (Lipinski definition) is 2. The fourth-order valence-electron chi connectivity index (χ4n) is 1.86. The molecule has 0 bridgehead atoms. The Labute approximate surface area is 119 Å². The molecule has 1 aromatic heterocycles. The Kier molecular flexibility index (Phi) is 3.34. The van der Waals surface area contributed by atoms with Crippen LogP contribution in [0.1, 0.15) is 11.1 Å². The Morgan fingerprint density at radius 1 is 1.20 bits per heavy atom. The molecular formula is C13H8ClN5O. The lowest BCUT2D eigenvalue weighted by Crippen LogP contribution is -2.33. The van der Waals surface area contributed by atoms with Crippen LogP contribution in [0.4, 0.5) is 5.82 Å². The summed E-state index contributed by atoms with van der Waals surface area (Å²) in [5.41, 5.74) is 5.21. The summed E-state index contributed by atoms with van der Waals surface area (Å²) >= 11 is 5.89. The number of halogens is 1. The van der Waals surface area contributed by atoms with Gasteiger partial charge in [-0.05, 0) is 17.7 Å². The molecule has 0 saturated heterocycles. The highest BCUT2D eigenvalue weighted by molar-refractivity contribution is 6.30. The van der Waals surface area contributed by atoms with Crippen molar-refractivity contribution in [3.63, 3.8) is 0 Å². The number of anilines is 1. The molecule has 4 N–H and O–H groups in total. The zero-order valence-electron chi connectivity index (χ0n) is 10.1. The summed E-state index contributed by atoms with van der Waals surface area (Å²) in [5, 5.41) is 18.8. The molecule has 0 fully saturated rings. The first-order valence-corrected chi connectivity index (χ1v) is 5.78. The molecule has 0 aliphatic carbocycles. The lowest BCUT2D eigenvalue weighted by Gasteiger charge is -2.12. The van der Waals surface area contributed by atoms with E-state index in [-0.39, 0.29) is 22.5 Å². The molecule has 6 nitrogen and oxygen atoms in total. The molecular weight excluding hydrogens is 278 g/mol. The first kappa shape index (κ1) is 13.5. The van der Waals surface area contributed by atoms with Crippen molar-refractivity contribution in [2.24, 2.45) is 0 Å². The predicted molar refractivity (Wildman–Crippen MR) is 75.1 cm³/mol. The van der Waals surface area contributed by atoms with Crippen molar-refractivity contribution in [1.29, 1.82) is 10.5 Å². The van der Waals surface area contributed by atoms with E-state index in [1.165, 1.54) is 6.07 Å². The van der Waals surface area contributed by atoms with Crippen LogP contribution in [0.3, 0.4) is 0 Å². The van der Waals surface area contributed by atoms with E-state index >= 15 is 0 Å².